The van der Waals surface area contributed by atoms with E-state index < -0.39 is 0 Å². The maximum Gasteiger partial charge on any atom is 0.242 e. The van der Waals surface area contributed by atoms with Gasteiger partial charge in [-0.25, -0.2) is 0 Å². The first kappa shape index (κ1) is 17.7. The lowest BCUT2D eigenvalue weighted by atomic mass is 9.85. The molecule has 2 nitrogen and oxygen atoms in total. The fraction of sp³-hybridized carbons (Fsp3) is 0.524. The first-order valence-corrected chi connectivity index (χ1v) is 8.72. The van der Waals surface area contributed by atoms with Crippen LogP contribution < -0.4 is 4.68 Å². The minimum absolute atomic E-state index is 0.983. The van der Waals surface area contributed by atoms with E-state index >= 15 is 0 Å². The predicted molar refractivity (Wildman–Crippen MR) is 98.0 cm³/mol. The molecule has 1 aromatic heterocycles. The van der Waals surface area contributed by atoms with Crippen molar-refractivity contribution >= 4 is 0 Å². The van der Waals surface area contributed by atoms with Gasteiger partial charge in [0, 0.05) is 5.56 Å². The molecule has 2 heteroatoms. The molecule has 0 aliphatic rings. The van der Waals surface area contributed by atoms with E-state index in [4.69, 9.17) is 5.10 Å². The zero-order valence-corrected chi connectivity index (χ0v) is 16.3. The molecule has 0 saturated heterocycles. The molecule has 2 rings (SSSR count). The van der Waals surface area contributed by atoms with E-state index in [1.165, 1.54) is 55.9 Å². The summed E-state index contributed by atoms with van der Waals surface area (Å²) in [6.07, 6.45) is 2.02. The van der Waals surface area contributed by atoms with Crippen molar-refractivity contribution in [2.45, 2.75) is 68.2 Å². The molecular weight excluding hydrogens is 280 g/mol. The maximum absolute atomic E-state index is 4.86. The molecule has 23 heavy (non-hydrogen) atoms. The van der Waals surface area contributed by atoms with Gasteiger partial charge in [0.15, 0.2) is 7.05 Å². The highest BCUT2D eigenvalue weighted by atomic mass is 15.3. The summed E-state index contributed by atoms with van der Waals surface area (Å²) >= 11 is 0. The lowest BCUT2D eigenvalue weighted by Gasteiger charge is -2.19. The Bertz CT molecular complexity index is 741. The monoisotopic (exact) mass is 311 g/mol. The number of rotatable bonds is 3. The van der Waals surface area contributed by atoms with Crippen LogP contribution in [-0.4, -0.2) is 5.10 Å². The fourth-order valence-corrected chi connectivity index (χ4v) is 3.79. The Balaban J connectivity index is 2.97. The Morgan fingerprint density at radius 2 is 1.17 bits per heavy atom. The molecule has 1 heterocycles. The van der Waals surface area contributed by atoms with Crippen LogP contribution in [0.5, 0.6) is 0 Å². The fourth-order valence-electron chi connectivity index (χ4n) is 3.79. The normalized spacial score (nSPS) is 11.2. The van der Waals surface area contributed by atoms with Crippen LogP contribution in [0.1, 0.15) is 58.5 Å². The topological polar surface area (TPSA) is 16.8 Å². The summed E-state index contributed by atoms with van der Waals surface area (Å²) in [6, 6.07) is 0. The molecule has 1 aromatic carbocycles. The van der Waals surface area contributed by atoms with Gasteiger partial charge in [-0.1, -0.05) is 18.5 Å². The summed E-state index contributed by atoms with van der Waals surface area (Å²) in [7, 11) is 2.09. The van der Waals surface area contributed by atoms with E-state index in [0.29, 0.717) is 0 Å². The first-order valence-electron chi connectivity index (χ1n) is 8.72. The number of nitrogens with zero attached hydrogens (tertiary/aromatic N) is 2. The number of hydrogen-bond acceptors (Lipinski definition) is 1. The Morgan fingerprint density at radius 1 is 0.696 bits per heavy atom. The SMILES string of the molecule is CCc1n[n+](C)c(-c2c(C)c(C)c(C)c(C)c2C)c(CC)c1C. The minimum Gasteiger partial charge on any atom is -0.0859 e. The van der Waals surface area contributed by atoms with E-state index in [1.54, 1.807) is 0 Å². The molecule has 2 aromatic rings. The van der Waals surface area contributed by atoms with E-state index in [9.17, 15) is 0 Å². The van der Waals surface area contributed by atoms with Crippen LogP contribution in [0.2, 0.25) is 0 Å². The van der Waals surface area contributed by atoms with Crippen molar-refractivity contribution in [1.29, 1.82) is 0 Å². The summed E-state index contributed by atoms with van der Waals surface area (Å²) in [5, 5.41) is 4.86. The number of aromatic nitrogens is 2. The molecule has 0 bridgehead atoms. The Morgan fingerprint density at radius 3 is 1.61 bits per heavy atom. The second-order valence-corrected chi connectivity index (χ2v) is 6.73. The highest BCUT2D eigenvalue weighted by molar-refractivity contribution is 5.73. The van der Waals surface area contributed by atoms with Crippen LogP contribution in [-0.2, 0) is 19.9 Å². The maximum atomic E-state index is 4.86. The van der Waals surface area contributed by atoms with E-state index in [-0.39, 0.29) is 0 Å². The number of hydrogen-bond donors (Lipinski definition) is 0. The van der Waals surface area contributed by atoms with Gasteiger partial charge in [-0.15, -0.1) is 0 Å². The third-order valence-corrected chi connectivity index (χ3v) is 5.69. The molecule has 124 valence electrons. The second kappa shape index (κ2) is 6.43. The molecule has 0 unspecified atom stereocenters. The van der Waals surface area contributed by atoms with Crippen molar-refractivity contribution in [3.63, 3.8) is 0 Å². The van der Waals surface area contributed by atoms with Crippen LogP contribution in [0.3, 0.4) is 0 Å². The molecule has 0 spiro atoms. The Hall–Kier alpha value is -1.70. The number of aryl methyl sites for hydroxylation is 2. The van der Waals surface area contributed by atoms with Gasteiger partial charge in [0.25, 0.3) is 0 Å². The van der Waals surface area contributed by atoms with Crippen molar-refractivity contribution in [2.24, 2.45) is 7.05 Å². The molecule has 0 N–H and O–H groups in total. The average Bonchev–Trinajstić information content (AvgIpc) is 2.54. The van der Waals surface area contributed by atoms with Crippen molar-refractivity contribution in [3.8, 4) is 11.3 Å². The van der Waals surface area contributed by atoms with Crippen molar-refractivity contribution < 1.29 is 4.68 Å². The van der Waals surface area contributed by atoms with Gasteiger partial charge in [-0.2, -0.15) is 0 Å². The quantitative estimate of drug-likeness (QED) is 0.760. The Kier molecular flexibility index (Phi) is 4.93. The smallest absolute Gasteiger partial charge is 0.0859 e. The molecule has 0 aliphatic carbocycles. The molecular formula is C21H31N2+. The molecule has 0 fully saturated rings. The standard InChI is InChI=1S/C21H31N2/c1-10-18-17(8)19(11-2)22-23(9)21(18)20-15(6)13(4)12(3)14(5)16(20)7/h10-11H2,1-9H3/q+1. The molecule has 0 saturated carbocycles. The van der Waals surface area contributed by atoms with Crippen LogP contribution >= 0.6 is 0 Å². The summed E-state index contributed by atoms with van der Waals surface area (Å²) in [5.74, 6) is 0. The summed E-state index contributed by atoms with van der Waals surface area (Å²) in [4.78, 5) is 0. The zero-order chi connectivity index (χ0) is 17.5. The Labute approximate surface area is 141 Å². The van der Waals surface area contributed by atoms with Crippen molar-refractivity contribution in [1.82, 2.24) is 5.10 Å². The number of benzene rings is 1. The second-order valence-electron chi connectivity index (χ2n) is 6.73. The summed E-state index contributed by atoms with van der Waals surface area (Å²) in [6.45, 7) is 17.9. The summed E-state index contributed by atoms with van der Waals surface area (Å²) < 4.78 is 2.11. The molecule has 0 atom stereocenters. The lowest BCUT2D eigenvalue weighted by molar-refractivity contribution is -0.721. The largest absolute Gasteiger partial charge is 0.242 e. The first-order chi connectivity index (χ1) is 10.8. The third-order valence-electron chi connectivity index (χ3n) is 5.69. The lowest BCUT2D eigenvalue weighted by Crippen LogP contribution is -2.39. The minimum atomic E-state index is 0.983. The average molecular weight is 311 g/mol. The zero-order valence-electron chi connectivity index (χ0n) is 16.3. The van der Waals surface area contributed by atoms with Gasteiger partial charge in [0.05, 0.1) is 5.56 Å². The molecule has 0 amide bonds. The highest BCUT2D eigenvalue weighted by Gasteiger charge is 2.26. The van der Waals surface area contributed by atoms with Gasteiger partial charge in [0.1, 0.15) is 5.69 Å². The van der Waals surface area contributed by atoms with E-state index in [2.05, 4.69) is 67.1 Å². The van der Waals surface area contributed by atoms with E-state index in [1.807, 2.05) is 0 Å². The van der Waals surface area contributed by atoms with Crippen LogP contribution in [0.25, 0.3) is 11.3 Å². The molecule has 0 radical (unpaired) electrons. The van der Waals surface area contributed by atoms with Gasteiger partial charge < -0.3 is 0 Å². The third kappa shape index (κ3) is 2.69. The van der Waals surface area contributed by atoms with Crippen LogP contribution in [0.4, 0.5) is 0 Å². The van der Waals surface area contributed by atoms with Crippen LogP contribution in [0, 0.1) is 41.5 Å². The molecule has 0 aliphatic heterocycles. The van der Waals surface area contributed by atoms with Gasteiger partial charge in [-0.05, 0) is 92.9 Å². The van der Waals surface area contributed by atoms with E-state index in [0.717, 1.165) is 12.8 Å². The van der Waals surface area contributed by atoms with Crippen LogP contribution in [0.15, 0.2) is 0 Å². The van der Waals surface area contributed by atoms with Crippen molar-refractivity contribution in [3.05, 3.63) is 44.6 Å². The van der Waals surface area contributed by atoms with Gasteiger partial charge in [-0.3, -0.25) is 0 Å². The van der Waals surface area contributed by atoms with Gasteiger partial charge in [0.2, 0.25) is 5.69 Å². The van der Waals surface area contributed by atoms with Crippen molar-refractivity contribution in [2.75, 3.05) is 0 Å². The van der Waals surface area contributed by atoms with Gasteiger partial charge >= 0.3 is 0 Å². The predicted octanol–water partition coefficient (Wildman–Crippen LogP) is 4.55. The highest BCUT2D eigenvalue weighted by Crippen LogP contribution is 2.35. The summed E-state index contributed by atoms with van der Waals surface area (Å²) in [5.41, 5.74) is 13.7.